The Bertz CT molecular complexity index is 392. The van der Waals surface area contributed by atoms with E-state index in [1.165, 1.54) is 0 Å². The monoisotopic (exact) mass is 251 g/mol. The van der Waals surface area contributed by atoms with Crippen molar-refractivity contribution in [1.82, 2.24) is 0 Å². The molecule has 1 rings (SSSR count). The molecule has 0 N–H and O–H groups in total. The van der Waals surface area contributed by atoms with Gasteiger partial charge in [-0.2, -0.15) is 0 Å². The Morgan fingerprint density at radius 2 is 1.78 bits per heavy atom. The van der Waals surface area contributed by atoms with Gasteiger partial charge in [-0.15, -0.1) is 0 Å². The number of carbonyl (C=O) groups excluding carboxylic acids is 1. The molecule has 0 spiro atoms. The van der Waals surface area contributed by atoms with Crippen LogP contribution in [-0.2, 0) is 9.53 Å². The summed E-state index contributed by atoms with van der Waals surface area (Å²) in [6.07, 6.45) is 0. The number of benzene rings is 1. The normalized spacial score (nSPS) is 11.2. The Balaban J connectivity index is 2.62. The van der Waals surface area contributed by atoms with Crippen LogP contribution in [0.1, 0.15) is 20.8 Å². The predicted octanol–water partition coefficient (Wildman–Crippen LogP) is 2.47. The zero-order valence-electron chi connectivity index (χ0n) is 11.7. The standard InChI is InChI=1S/C14H21NO3/c1-14(2,3)18-10-13(16)15(4)11-6-8-12(17-5)9-7-11/h6-9H,10H2,1-5H3. The van der Waals surface area contributed by atoms with Gasteiger partial charge in [0.15, 0.2) is 0 Å². The summed E-state index contributed by atoms with van der Waals surface area (Å²) < 4.78 is 10.5. The Labute approximate surface area is 108 Å². The van der Waals surface area contributed by atoms with E-state index < -0.39 is 0 Å². The highest BCUT2D eigenvalue weighted by molar-refractivity contribution is 5.93. The van der Waals surface area contributed by atoms with Gasteiger partial charge in [0.05, 0.1) is 12.7 Å². The van der Waals surface area contributed by atoms with E-state index in [9.17, 15) is 4.79 Å². The topological polar surface area (TPSA) is 38.8 Å². The van der Waals surface area contributed by atoms with Crippen molar-refractivity contribution >= 4 is 11.6 Å². The van der Waals surface area contributed by atoms with Crippen molar-refractivity contribution in [2.75, 3.05) is 25.7 Å². The van der Waals surface area contributed by atoms with Crippen LogP contribution in [0.4, 0.5) is 5.69 Å². The largest absolute Gasteiger partial charge is 0.497 e. The highest BCUT2D eigenvalue weighted by Crippen LogP contribution is 2.18. The van der Waals surface area contributed by atoms with Gasteiger partial charge in [0, 0.05) is 12.7 Å². The number of hydrogen-bond acceptors (Lipinski definition) is 3. The van der Waals surface area contributed by atoms with E-state index in [4.69, 9.17) is 9.47 Å². The second kappa shape index (κ2) is 5.87. The highest BCUT2D eigenvalue weighted by atomic mass is 16.5. The number of anilines is 1. The van der Waals surface area contributed by atoms with Crippen LogP contribution in [0.25, 0.3) is 0 Å². The fraction of sp³-hybridized carbons (Fsp3) is 0.500. The van der Waals surface area contributed by atoms with Gasteiger partial charge >= 0.3 is 0 Å². The summed E-state index contributed by atoms with van der Waals surface area (Å²) in [5.74, 6) is 0.695. The lowest BCUT2D eigenvalue weighted by molar-refractivity contribution is -0.127. The minimum atomic E-state index is -0.309. The smallest absolute Gasteiger partial charge is 0.252 e. The van der Waals surface area contributed by atoms with Crippen LogP contribution in [-0.4, -0.2) is 32.3 Å². The Kier molecular flexibility index (Phi) is 4.73. The molecule has 0 aliphatic heterocycles. The summed E-state index contributed by atoms with van der Waals surface area (Å²) in [6.45, 7) is 5.85. The van der Waals surface area contributed by atoms with E-state index in [0.29, 0.717) is 0 Å². The molecule has 0 fully saturated rings. The molecule has 0 aliphatic carbocycles. The molecule has 0 atom stereocenters. The third-order valence-corrected chi connectivity index (χ3v) is 2.46. The van der Waals surface area contributed by atoms with E-state index in [0.717, 1.165) is 11.4 Å². The summed E-state index contributed by atoms with van der Waals surface area (Å²) in [4.78, 5) is 13.5. The van der Waals surface area contributed by atoms with Crippen molar-refractivity contribution in [2.24, 2.45) is 0 Å². The van der Waals surface area contributed by atoms with Crippen LogP contribution in [0.15, 0.2) is 24.3 Å². The number of carbonyl (C=O) groups is 1. The predicted molar refractivity (Wildman–Crippen MR) is 72.1 cm³/mol. The molecule has 0 aliphatic rings. The van der Waals surface area contributed by atoms with E-state index in [1.807, 2.05) is 45.0 Å². The number of amides is 1. The third kappa shape index (κ3) is 4.37. The quantitative estimate of drug-likeness (QED) is 0.825. The maximum Gasteiger partial charge on any atom is 0.252 e. The van der Waals surface area contributed by atoms with Gasteiger partial charge in [0.1, 0.15) is 12.4 Å². The van der Waals surface area contributed by atoms with Gasteiger partial charge in [-0.25, -0.2) is 0 Å². The average molecular weight is 251 g/mol. The van der Waals surface area contributed by atoms with Gasteiger partial charge < -0.3 is 14.4 Å². The molecule has 1 amide bonds. The molecule has 0 radical (unpaired) electrons. The summed E-state index contributed by atoms with van der Waals surface area (Å²) >= 11 is 0. The lowest BCUT2D eigenvalue weighted by Gasteiger charge is -2.22. The molecule has 0 heterocycles. The summed E-state index contributed by atoms with van der Waals surface area (Å²) in [7, 11) is 3.34. The number of nitrogens with zero attached hydrogens (tertiary/aromatic N) is 1. The fourth-order valence-corrected chi connectivity index (χ4v) is 1.32. The molecule has 0 unspecified atom stereocenters. The maximum absolute atomic E-state index is 11.9. The first-order valence-electron chi connectivity index (χ1n) is 5.88. The Morgan fingerprint density at radius 1 is 1.22 bits per heavy atom. The molecule has 4 nitrogen and oxygen atoms in total. The van der Waals surface area contributed by atoms with Crippen molar-refractivity contribution in [3.05, 3.63) is 24.3 Å². The maximum atomic E-state index is 11.9. The van der Waals surface area contributed by atoms with Crippen LogP contribution in [0.2, 0.25) is 0 Å². The molecular formula is C14H21NO3. The fourth-order valence-electron chi connectivity index (χ4n) is 1.32. The van der Waals surface area contributed by atoms with Gasteiger partial charge in [0.25, 0.3) is 5.91 Å². The van der Waals surface area contributed by atoms with Crippen LogP contribution < -0.4 is 9.64 Å². The van der Waals surface area contributed by atoms with Gasteiger partial charge in [-0.05, 0) is 45.0 Å². The first-order valence-corrected chi connectivity index (χ1v) is 5.88. The zero-order chi connectivity index (χ0) is 13.8. The Morgan fingerprint density at radius 3 is 2.22 bits per heavy atom. The minimum Gasteiger partial charge on any atom is -0.497 e. The average Bonchev–Trinajstić information content (AvgIpc) is 2.34. The van der Waals surface area contributed by atoms with E-state index >= 15 is 0 Å². The molecule has 0 saturated heterocycles. The van der Waals surface area contributed by atoms with E-state index in [2.05, 4.69) is 0 Å². The number of likely N-dealkylation sites (N-methyl/N-ethyl adjacent to an activating group) is 1. The lowest BCUT2D eigenvalue weighted by Crippen LogP contribution is -2.33. The SMILES string of the molecule is COc1ccc(N(C)C(=O)COC(C)(C)C)cc1. The van der Waals surface area contributed by atoms with Crippen LogP contribution in [0.5, 0.6) is 5.75 Å². The highest BCUT2D eigenvalue weighted by Gasteiger charge is 2.16. The second-order valence-corrected chi connectivity index (χ2v) is 5.05. The first-order chi connectivity index (χ1) is 8.33. The summed E-state index contributed by atoms with van der Waals surface area (Å²) in [5, 5.41) is 0. The molecule has 4 heteroatoms. The van der Waals surface area contributed by atoms with Crippen molar-refractivity contribution in [1.29, 1.82) is 0 Å². The number of hydrogen-bond donors (Lipinski definition) is 0. The van der Waals surface area contributed by atoms with E-state index in [-0.39, 0.29) is 18.1 Å². The summed E-state index contributed by atoms with van der Waals surface area (Å²) in [6, 6.07) is 7.33. The van der Waals surface area contributed by atoms with Crippen molar-refractivity contribution in [2.45, 2.75) is 26.4 Å². The molecule has 100 valence electrons. The molecular weight excluding hydrogens is 230 g/mol. The zero-order valence-corrected chi connectivity index (χ0v) is 11.7. The van der Waals surface area contributed by atoms with Crippen molar-refractivity contribution in [3.63, 3.8) is 0 Å². The Hall–Kier alpha value is -1.55. The summed E-state index contributed by atoms with van der Waals surface area (Å²) in [5.41, 5.74) is 0.509. The van der Waals surface area contributed by atoms with E-state index in [1.54, 1.807) is 19.1 Å². The minimum absolute atomic E-state index is 0.0740. The van der Waals surface area contributed by atoms with Gasteiger partial charge in [-0.1, -0.05) is 0 Å². The molecule has 18 heavy (non-hydrogen) atoms. The second-order valence-electron chi connectivity index (χ2n) is 5.05. The van der Waals surface area contributed by atoms with Crippen LogP contribution >= 0.6 is 0 Å². The molecule has 1 aromatic carbocycles. The van der Waals surface area contributed by atoms with Crippen LogP contribution in [0.3, 0.4) is 0 Å². The van der Waals surface area contributed by atoms with Crippen molar-refractivity contribution < 1.29 is 14.3 Å². The molecule has 0 aromatic heterocycles. The third-order valence-electron chi connectivity index (χ3n) is 2.46. The lowest BCUT2D eigenvalue weighted by atomic mass is 10.2. The first kappa shape index (κ1) is 14.5. The number of rotatable bonds is 4. The van der Waals surface area contributed by atoms with Gasteiger partial charge in [0.2, 0.25) is 0 Å². The van der Waals surface area contributed by atoms with Crippen molar-refractivity contribution in [3.8, 4) is 5.75 Å². The van der Waals surface area contributed by atoms with Crippen LogP contribution in [0, 0.1) is 0 Å². The van der Waals surface area contributed by atoms with Gasteiger partial charge in [-0.3, -0.25) is 4.79 Å². The number of methoxy groups -OCH3 is 1. The molecule has 1 aromatic rings. The molecule has 0 saturated carbocycles. The molecule has 0 bridgehead atoms. The number of ether oxygens (including phenoxy) is 2.